The molecular formula is C37H42F2N2O4S. The van der Waals surface area contributed by atoms with E-state index >= 15 is 4.39 Å². The molecule has 2 heterocycles. The van der Waals surface area contributed by atoms with E-state index in [1.165, 1.54) is 30.7 Å². The van der Waals surface area contributed by atoms with Crippen LogP contribution in [0.3, 0.4) is 0 Å². The van der Waals surface area contributed by atoms with Gasteiger partial charge >= 0.3 is 0 Å². The number of aromatic nitrogens is 1. The number of aromatic amines is 1. The molecule has 2 N–H and O–H groups in total. The first-order chi connectivity index (χ1) is 21.9. The number of hydrogen-bond acceptors (Lipinski definition) is 4. The Morgan fingerprint density at radius 1 is 1.02 bits per heavy atom. The van der Waals surface area contributed by atoms with E-state index in [2.05, 4.69) is 9.71 Å². The van der Waals surface area contributed by atoms with Crippen molar-refractivity contribution in [3.63, 3.8) is 0 Å². The number of ketones is 1. The summed E-state index contributed by atoms with van der Waals surface area (Å²) in [5.74, 6) is -1.82. The Hall–Kier alpha value is -3.82. The molecule has 0 saturated carbocycles. The van der Waals surface area contributed by atoms with Gasteiger partial charge < -0.3 is 9.72 Å². The lowest BCUT2D eigenvalue weighted by Crippen LogP contribution is -2.14. The molecule has 4 aromatic rings. The molecule has 5 rings (SSSR count). The fourth-order valence-corrected chi connectivity index (χ4v) is 7.04. The number of fused-ring (bicyclic) bond motifs is 1. The molecule has 1 aliphatic rings. The highest BCUT2D eigenvalue weighted by atomic mass is 32.2. The van der Waals surface area contributed by atoms with Crippen molar-refractivity contribution >= 4 is 32.4 Å². The van der Waals surface area contributed by atoms with Gasteiger partial charge in [0.1, 0.15) is 0 Å². The second-order valence-electron chi connectivity index (χ2n) is 13.1. The minimum atomic E-state index is -3.95. The molecule has 9 heteroatoms. The molecule has 1 aromatic heterocycles. The van der Waals surface area contributed by atoms with Crippen LogP contribution in [0.2, 0.25) is 0 Å². The molecule has 0 bridgehead atoms. The van der Waals surface area contributed by atoms with Crippen molar-refractivity contribution in [2.75, 3.05) is 17.9 Å². The van der Waals surface area contributed by atoms with E-state index in [0.717, 1.165) is 63.4 Å². The topological polar surface area (TPSA) is 88.3 Å². The monoisotopic (exact) mass is 648 g/mol. The molecule has 0 aliphatic carbocycles. The average molecular weight is 649 g/mol. The molecule has 0 radical (unpaired) electrons. The van der Waals surface area contributed by atoms with Crippen LogP contribution in [0, 0.1) is 17.6 Å². The SMILES string of the molecule is CC(C)(C)c1ccc(S(=O)(=O)Nc2ccc3[nH]c(C(=O)C=CCCCCC4CCCOCC4)c(-c4cccc(F)c4F)c3c2)cc1. The summed E-state index contributed by atoms with van der Waals surface area (Å²) >= 11 is 0. The second-order valence-corrected chi connectivity index (χ2v) is 14.8. The highest BCUT2D eigenvalue weighted by Crippen LogP contribution is 2.37. The lowest BCUT2D eigenvalue weighted by Gasteiger charge is -2.19. The van der Waals surface area contributed by atoms with E-state index in [0.29, 0.717) is 16.8 Å². The first kappa shape index (κ1) is 33.5. The number of hydrogen-bond donors (Lipinski definition) is 2. The molecule has 1 unspecified atom stereocenters. The summed E-state index contributed by atoms with van der Waals surface area (Å²) in [6, 6.07) is 15.2. The van der Waals surface area contributed by atoms with Gasteiger partial charge in [-0.2, -0.15) is 0 Å². The standard InChI is InChI=1S/C37H42F2N2O4S/c1-37(2,3)26-15-18-28(19-16-26)46(43,44)41-27-17-20-32-30(24-27)34(29-12-8-13-31(38)35(29)39)36(40-32)33(42)14-7-5-4-6-10-25-11-9-22-45-23-21-25/h7-8,12-20,24-25,40-41H,4-6,9-11,21-23H2,1-3H3. The van der Waals surface area contributed by atoms with Gasteiger partial charge in [0.25, 0.3) is 10.0 Å². The predicted octanol–water partition coefficient (Wildman–Crippen LogP) is 9.33. The number of carbonyl (C=O) groups is 1. The second kappa shape index (κ2) is 14.3. The Bertz CT molecular complexity index is 1810. The highest BCUT2D eigenvalue weighted by molar-refractivity contribution is 7.92. The Kier molecular flexibility index (Phi) is 10.4. The number of unbranched alkanes of at least 4 members (excludes halogenated alkanes) is 2. The van der Waals surface area contributed by atoms with Crippen LogP contribution in [-0.2, 0) is 20.2 Å². The van der Waals surface area contributed by atoms with E-state index < -0.39 is 21.7 Å². The highest BCUT2D eigenvalue weighted by Gasteiger charge is 2.23. The molecule has 1 fully saturated rings. The maximum absolute atomic E-state index is 15.2. The summed E-state index contributed by atoms with van der Waals surface area (Å²) in [7, 11) is -3.95. The van der Waals surface area contributed by atoms with Crippen molar-refractivity contribution in [3.05, 3.63) is 95.7 Å². The third-order valence-electron chi connectivity index (χ3n) is 8.62. The van der Waals surface area contributed by atoms with Crippen molar-refractivity contribution in [1.82, 2.24) is 4.98 Å². The van der Waals surface area contributed by atoms with Gasteiger partial charge in [-0.1, -0.05) is 64.0 Å². The number of nitrogens with one attached hydrogen (secondary N) is 2. The quantitative estimate of drug-likeness (QED) is 0.0964. The largest absolute Gasteiger partial charge is 0.381 e. The van der Waals surface area contributed by atoms with Gasteiger partial charge in [0, 0.05) is 40.9 Å². The van der Waals surface area contributed by atoms with E-state index in [9.17, 15) is 17.6 Å². The fourth-order valence-electron chi connectivity index (χ4n) is 5.99. The molecular weight excluding hydrogens is 606 g/mol. The first-order valence-electron chi connectivity index (χ1n) is 16.0. The van der Waals surface area contributed by atoms with E-state index in [-0.39, 0.29) is 38.6 Å². The summed E-state index contributed by atoms with van der Waals surface area (Å²) in [5, 5.41) is 0.386. The zero-order valence-corrected chi connectivity index (χ0v) is 27.5. The smallest absolute Gasteiger partial charge is 0.261 e. The number of H-pyrrole nitrogens is 1. The zero-order valence-electron chi connectivity index (χ0n) is 26.7. The number of sulfonamides is 1. The number of ether oxygens (including phenoxy) is 1. The van der Waals surface area contributed by atoms with Gasteiger partial charge in [-0.05, 0) is 91.5 Å². The van der Waals surface area contributed by atoms with Crippen LogP contribution in [0.1, 0.15) is 81.8 Å². The molecule has 1 aliphatic heterocycles. The molecule has 46 heavy (non-hydrogen) atoms. The Labute approximate surface area is 270 Å². The predicted molar refractivity (Wildman–Crippen MR) is 180 cm³/mol. The fraction of sp³-hybridized carbons (Fsp3) is 0.378. The van der Waals surface area contributed by atoms with Crippen LogP contribution in [0.4, 0.5) is 14.5 Å². The average Bonchev–Trinajstić information content (AvgIpc) is 3.19. The molecule has 0 amide bonds. The summed E-state index contributed by atoms with van der Waals surface area (Å²) in [5.41, 5.74) is 1.76. The van der Waals surface area contributed by atoms with Gasteiger partial charge in [0.15, 0.2) is 11.6 Å². The van der Waals surface area contributed by atoms with Crippen LogP contribution in [0.15, 0.2) is 77.7 Å². The van der Waals surface area contributed by atoms with Crippen molar-refractivity contribution < 1.29 is 26.7 Å². The Morgan fingerprint density at radius 3 is 2.57 bits per heavy atom. The minimum absolute atomic E-state index is 0.0897. The molecule has 0 spiro atoms. The van der Waals surface area contributed by atoms with Crippen molar-refractivity contribution in [2.45, 2.75) is 76.0 Å². The Balaban J connectivity index is 1.39. The molecule has 6 nitrogen and oxygen atoms in total. The van der Waals surface area contributed by atoms with E-state index in [1.54, 1.807) is 36.4 Å². The lowest BCUT2D eigenvalue weighted by atomic mass is 9.87. The number of rotatable bonds is 11. The van der Waals surface area contributed by atoms with Gasteiger partial charge in [0.2, 0.25) is 5.78 Å². The van der Waals surface area contributed by atoms with E-state index in [1.807, 2.05) is 26.8 Å². The summed E-state index contributed by atoms with van der Waals surface area (Å²) in [6.07, 6.45) is 10.6. The van der Waals surface area contributed by atoms with Gasteiger partial charge in [-0.15, -0.1) is 0 Å². The summed E-state index contributed by atoms with van der Waals surface area (Å²) < 4.78 is 64.2. The molecule has 244 valence electrons. The number of carbonyl (C=O) groups excluding carboxylic acids is 1. The van der Waals surface area contributed by atoms with Crippen LogP contribution in [0.25, 0.3) is 22.0 Å². The minimum Gasteiger partial charge on any atom is -0.381 e. The van der Waals surface area contributed by atoms with Crippen molar-refractivity contribution in [1.29, 1.82) is 0 Å². The van der Waals surface area contributed by atoms with Crippen molar-refractivity contribution in [3.8, 4) is 11.1 Å². The van der Waals surface area contributed by atoms with Gasteiger partial charge in [0.05, 0.1) is 10.6 Å². The zero-order chi connectivity index (χ0) is 32.9. The maximum atomic E-state index is 15.2. The lowest BCUT2D eigenvalue weighted by molar-refractivity contribution is 0.104. The third kappa shape index (κ3) is 7.93. The first-order valence-corrected chi connectivity index (χ1v) is 17.4. The maximum Gasteiger partial charge on any atom is 0.261 e. The summed E-state index contributed by atoms with van der Waals surface area (Å²) in [4.78, 5) is 16.6. The van der Waals surface area contributed by atoms with Crippen LogP contribution >= 0.6 is 0 Å². The third-order valence-corrected chi connectivity index (χ3v) is 10.0. The van der Waals surface area contributed by atoms with Crippen LogP contribution in [0.5, 0.6) is 0 Å². The van der Waals surface area contributed by atoms with Crippen LogP contribution < -0.4 is 4.72 Å². The van der Waals surface area contributed by atoms with Crippen molar-refractivity contribution in [2.24, 2.45) is 5.92 Å². The molecule has 3 aromatic carbocycles. The molecule has 1 atom stereocenters. The van der Waals surface area contributed by atoms with Crippen LogP contribution in [-0.4, -0.2) is 32.4 Å². The molecule has 1 saturated heterocycles. The Morgan fingerprint density at radius 2 is 1.80 bits per heavy atom. The normalized spacial score (nSPS) is 16.2. The van der Waals surface area contributed by atoms with Gasteiger partial charge in [-0.3, -0.25) is 9.52 Å². The number of anilines is 1. The van der Waals surface area contributed by atoms with Gasteiger partial charge in [-0.25, -0.2) is 17.2 Å². The number of halogens is 2. The number of allylic oxidation sites excluding steroid dienone is 2. The van der Waals surface area contributed by atoms with E-state index in [4.69, 9.17) is 4.74 Å². The number of benzene rings is 3. The summed E-state index contributed by atoms with van der Waals surface area (Å²) in [6.45, 7) is 7.82.